The maximum atomic E-state index is 6.62. The van der Waals surface area contributed by atoms with E-state index in [-0.39, 0.29) is 5.92 Å². The molecule has 0 heterocycles. The molecule has 2 nitrogen and oxygen atoms in total. The van der Waals surface area contributed by atoms with Crippen molar-refractivity contribution in [2.45, 2.75) is 39.7 Å². The standard InChI is InChI=1S/C15H28ClN2/c1-10(2)14(8-7-12(5)16)15(18,11(3)4)9-13(6)17/h7-8,10-11,14,16H,5-6,9,17-18H2,1-4H3/q+1/b8-7+. The first kappa shape index (κ1) is 17.3. The minimum atomic E-state index is -0.402. The Kier molecular flexibility index (Phi) is 6.72. The molecular formula is C15H28ClN2+. The molecule has 0 rings (SSSR count). The van der Waals surface area contributed by atoms with Crippen molar-refractivity contribution in [3.63, 3.8) is 0 Å². The normalized spacial score (nSPS) is 17.1. The van der Waals surface area contributed by atoms with E-state index in [1.165, 1.54) is 0 Å². The van der Waals surface area contributed by atoms with Gasteiger partial charge in [-0.2, -0.15) is 0 Å². The molecule has 0 aromatic heterocycles. The van der Waals surface area contributed by atoms with Crippen LogP contribution in [-0.4, -0.2) is 5.54 Å². The Labute approximate surface area is 117 Å². The van der Waals surface area contributed by atoms with Gasteiger partial charge in [0.25, 0.3) is 0 Å². The predicted molar refractivity (Wildman–Crippen MR) is 77.7 cm³/mol. The summed E-state index contributed by atoms with van der Waals surface area (Å²) in [4.78, 5) is 0. The summed E-state index contributed by atoms with van der Waals surface area (Å²) in [7, 11) is 0. The van der Waals surface area contributed by atoms with Crippen LogP contribution in [0.25, 0.3) is 0 Å². The quantitative estimate of drug-likeness (QED) is 0.700. The summed E-state index contributed by atoms with van der Waals surface area (Å²) in [6.07, 6.45) is 4.55. The molecule has 18 heavy (non-hydrogen) atoms. The summed E-state index contributed by atoms with van der Waals surface area (Å²) in [5.74, 6) is 0.896. The lowest BCUT2D eigenvalue weighted by atomic mass is 9.68. The van der Waals surface area contributed by atoms with Crippen molar-refractivity contribution in [2.75, 3.05) is 0 Å². The predicted octanol–water partition coefficient (Wildman–Crippen LogP) is 2.83. The fourth-order valence-corrected chi connectivity index (χ4v) is 2.41. The second-order valence-corrected chi connectivity index (χ2v) is 6.22. The number of nitrogens with two attached hydrogens (primary N) is 2. The minimum absolute atomic E-state index is 0.192. The smallest absolute Gasteiger partial charge is 0.218 e. The molecule has 3 heteroatoms. The van der Waals surface area contributed by atoms with Crippen LogP contribution in [0.4, 0.5) is 0 Å². The molecule has 0 aromatic carbocycles. The van der Waals surface area contributed by atoms with Gasteiger partial charge in [-0.05, 0) is 30.4 Å². The molecule has 4 N–H and O–H groups in total. The molecular weight excluding hydrogens is 244 g/mol. The van der Waals surface area contributed by atoms with Crippen LogP contribution >= 0.6 is 0 Å². The Morgan fingerprint density at radius 2 is 1.78 bits per heavy atom. The number of hydrogen-bond donors (Lipinski definition) is 2. The number of hydrogen-bond acceptors (Lipinski definition) is 2. The highest BCUT2D eigenvalue weighted by Gasteiger charge is 2.38. The van der Waals surface area contributed by atoms with Crippen molar-refractivity contribution < 1.29 is 11.6 Å². The molecule has 2 atom stereocenters. The molecule has 0 radical (unpaired) electrons. The van der Waals surface area contributed by atoms with Crippen molar-refractivity contribution >= 4 is 0 Å². The Balaban J connectivity index is 5.36. The van der Waals surface area contributed by atoms with Crippen LogP contribution in [0.15, 0.2) is 36.0 Å². The van der Waals surface area contributed by atoms with Crippen LogP contribution < -0.4 is 11.5 Å². The van der Waals surface area contributed by atoms with Gasteiger partial charge in [0.1, 0.15) is 0 Å². The zero-order valence-corrected chi connectivity index (χ0v) is 12.9. The highest BCUT2D eigenvalue weighted by molar-refractivity contribution is 5.14. The van der Waals surface area contributed by atoms with Crippen molar-refractivity contribution in [3.05, 3.63) is 36.0 Å². The monoisotopic (exact) mass is 271 g/mol. The average molecular weight is 272 g/mol. The third-order valence-electron chi connectivity index (χ3n) is 3.44. The third kappa shape index (κ3) is 4.87. The van der Waals surface area contributed by atoms with Crippen molar-refractivity contribution in [1.29, 1.82) is 0 Å². The van der Waals surface area contributed by atoms with Crippen LogP contribution in [0, 0.1) is 29.4 Å². The SMILES string of the molecule is C=C([ClH+])/C=C/C(C(C)C)C(N)(CC(=C)N)C(C)C. The zero-order valence-electron chi connectivity index (χ0n) is 12.1. The van der Waals surface area contributed by atoms with E-state index < -0.39 is 5.54 Å². The summed E-state index contributed by atoms with van der Waals surface area (Å²) in [6.45, 7) is 16.1. The maximum Gasteiger partial charge on any atom is 0.218 e. The van der Waals surface area contributed by atoms with Crippen LogP contribution in [0.5, 0.6) is 0 Å². The lowest BCUT2D eigenvalue weighted by Crippen LogP contribution is -2.53. The second kappa shape index (κ2) is 7.01. The summed E-state index contributed by atoms with van der Waals surface area (Å²) in [5.41, 5.74) is 12.6. The van der Waals surface area contributed by atoms with E-state index in [2.05, 4.69) is 46.9 Å². The molecule has 0 amide bonds. The van der Waals surface area contributed by atoms with Gasteiger partial charge >= 0.3 is 0 Å². The summed E-state index contributed by atoms with van der Waals surface area (Å²) in [6, 6.07) is 0. The fourth-order valence-electron chi connectivity index (χ4n) is 2.33. The van der Waals surface area contributed by atoms with Gasteiger partial charge in [-0.1, -0.05) is 40.3 Å². The first-order valence-corrected chi connectivity index (χ1v) is 6.78. The zero-order chi connectivity index (χ0) is 14.5. The van der Waals surface area contributed by atoms with Gasteiger partial charge < -0.3 is 11.5 Å². The van der Waals surface area contributed by atoms with Gasteiger partial charge in [-0.25, -0.2) is 0 Å². The Morgan fingerprint density at radius 1 is 1.28 bits per heavy atom. The number of halogens is 1. The molecule has 0 aliphatic carbocycles. The third-order valence-corrected chi connectivity index (χ3v) is 3.57. The van der Waals surface area contributed by atoms with Crippen molar-refractivity contribution in [2.24, 2.45) is 29.2 Å². The Bertz CT molecular complexity index is 331. The highest BCUT2D eigenvalue weighted by atomic mass is 35.5. The van der Waals surface area contributed by atoms with Crippen LogP contribution in [0.3, 0.4) is 0 Å². The molecule has 0 aliphatic rings. The molecule has 0 bridgehead atoms. The molecule has 0 saturated heterocycles. The van der Waals surface area contributed by atoms with Crippen LogP contribution in [0.2, 0.25) is 0 Å². The van der Waals surface area contributed by atoms with Gasteiger partial charge in [0.05, 0.1) is 0 Å². The Hall–Kier alpha value is -0.730. The van der Waals surface area contributed by atoms with E-state index in [0.717, 1.165) is 0 Å². The topological polar surface area (TPSA) is 52.0 Å². The fraction of sp³-hybridized carbons (Fsp3) is 0.600. The van der Waals surface area contributed by atoms with Gasteiger partial charge in [-0.15, -0.1) is 0 Å². The largest absolute Gasteiger partial charge is 0.402 e. The Morgan fingerprint density at radius 3 is 2.06 bits per heavy atom. The molecule has 104 valence electrons. The highest BCUT2D eigenvalue weighted by Crippen LogP contribution is 2.35. The lowest BCUT2D eigenvalue weighted by molar-refractivity contribution is -0.294. The van der Waals surface area contributed by atoms with E-state index in [0.29, 0.717) is 29.0 Å². The maximum absolute atomic E-state index is 6.62. The number of allylic oxidation sites excluding steroid dienone is 2. The summed E-state index contributed by atoms with van der Waals surface area (Å²) < 4.78 is 0. The van der Waals surface area contributed by atoms with Crippen LogP contribution in [0.1, 0.15) is 34.1 Å². The van der Waals surface area contributed by atoms with Gasteiger partial charge in [0.2, 0.25) is 5.03 Å². The summed E-state index contributed by atoms with van der Waals surface area (Å²) >= 11 is 5.00. The molecule has 0 spiro atoms. The summed E-state index contributed by atoms with van der Waals surface area (Å²) in [5, 5.41) is 0.623. The van der Waals surface area contributed by atoms with E-state index in [1.54, 1.807) is 0 Å². The van der Waals surface area contributed by atoms with E-state index in [9.17, 15) is 0 Å². The average Bonchev–Trinajstić information content (AvgIpc) is 2.14. The van der Waals surface area contributed by atoms with Crippen molar-refractivity contribution in [1.82, 2.24) is 0 Å². The number of rotatable bonds is 7. The molecule has 2 unspecified atom stereocenters. The van der Waals surface area contributed by atoms with E-state index >= 15 is 0 Å². The van der Waals surface area contributed by atoms with E-state index in [4.69, 9.17) is 23.1 Å². The first-order chi connectivity index (χ1) is 8.11. The van der Waals surface area contributed by atoms with E-state index in [1.807, 2.05) is 6.08 Å². The molecule has 0 fully saturated rings. The van der Waals surface area contributed by atoms with Gasteiger partial charge in [-0.3, -0.25) is 0 Å². The van der Waals surface area contributed by atoms with Gasteiger partial charge in [0, 0.05) is 17.7 Å². The molecule has 0 saturated carbocycles. The molecule has 0 aromatic rings. The second-order valence-electron chi connectivity index (χ2n) is 5.70. The minimum Gasteiger partial charge on any atom is -0.402 e. The van der Waals surface area contributed by atoms with Crippen molar-refractivity contribution in [3.8, 4) is 0 Å². The first-order valence-electron chi connectivity index (χ1n) is 6.37. The molecule has 0 aliphatic heterocycles. The van der Waals surface area contributed by atoms with Crippen LogP contribution in [-0.2, 0) is 0 Å². The lowest BCUT2D eigenvalue weighted by Gasteiger charge is -2.42. The van der Waals surface area contributed by atoms with Gasteiger partial charge in [0.15, 0.2) is 11.6 Å².